The first kappa shape index (κ1) is 20.6. The first-order valence-corrected chi connectivity index (χ1v) is 11.7. The molecule has 1 aliphatic heterocycles. The van der Waals surface area contributed by atoms with Gasteiger partial charge in [-0.2, -0.15) is 0 Å². The number of esters is 1. The highest BCUT2D eigenvalue weighted by molar-refractivity contribution is 5.88. The molecule has 0 radical (unpaired) electrons. The number of rotatable bonds is 7. The number of hydrogen-bond donors (Lipinski definition) is 1. The summed E-state index contributed by atoms with van der Waals surface area (Å²) < 4.78 is 10.6. The summed E-state index contributed by atoms with van der Waals surface area (Å²) in [5.41, 5.74) is 0.221. The molecule has 5 fully saturated rings. The van der Waals surface area contributed by atoms with E-state index in [4.69, 9.17) is 9.15 Å². The molecule has 1 aromatic rings. The second-order valence-electron chi connectivity index (χ2n) is 10.4. The second kappa shape index (κ2) is 7.99. The van der Waals surface area contributed by atoms with Crippen molar-refractivity contribution in [2.45, 2.75) is 64.5 Å². The highest BCUT2D eigenvalue weighted by Gasteiger charge is 2.53. The van der Waals surface area contributed by atoms with Gasteiger partial charge in [-0.1, -0.05) is 0 Å². The molecule has 1 saturated heterocycles. The normalized spacial score (nSPS) is 34.7. The number of carbonyl (C=O) groups excluding carboxylic acids is 3. The average Bonchev–Trinajstić information content (AvgIpc) is 3.35. The van der Waals surface area contributed by atoms with Gasteiger partial charge in [-0.15, -0.1) is 0 Å². The maximum atomic E-state index is 12.5. The molecule has 0 unspecified atom stereocenters. The van der Waals surface area contributed by atoms with E-state index in [9.17, 15) is 14.4 Å². The first-order chi connectivity index (χ1) is 14.9. The highest BCUT2D eigenvalue weighted by atomic mass is 16.5. The number of amides is 2. The monoisotopic (exact) mass is 428 g/mol. The van der Waals surface area contributed by atoms with Crippen LogP contribution < -0.4 is 5.32 Å². The summed E-state index contributed by atoms with van der Waals surface area (Å²) in [5, 5.41) is 3.12. The smallest absolute Gasteiger partial charge is 0.311 e. The van der Waals surface area contributed by atoms with Gasteiger partial charge in [0.05, 0.1) is 18.7 Å². The van der Waals surface area contributed by atoms with Gasteiger partial charge in [0, 0.05) is 19.0 Å². The molecule has 4 saturated carbocycles. The van der Waals surface area contributed by atoms with Crippen LogP contribution in [-0.4, -0.2) is 41.9 Å². The van der Waals surface area contributed by atoms with E-state index < -0.39 is 11.9 Å². The van der Waals surface area contributed by atoms with Crippen LogP contribution in [0.25, 0.3) is 0 Å². The van der Waals surface area contributed by atoms with Crippen molar-refractivity contribution in [3.8, 4) is 0 Å². The minimum atomic E-state index is -0.532. The Hall–Kier alpha value is -2.31. The topological polar surface area (TPSA) is 88.8 Å². The molecular formula is C24H32N2O5. The van der Waals surface area contributed by atoms with Crippen molar-refractivity contribution < 1.29 is 23.5 Å². The maximum absolute atomic E-state index is 12.5. The van der Waals surface area contributed by atoms with Crippen LogP contribution in [0.3, 0.4) is 0 Å². The molecule has 7 heteroatoms. The summed E-state index contributed by atoms with van der Waals surface area (Å²) in [6.07, 6.45) is 9.44. The summed E-state index contributed by atoms with van der Waals surface area (Å²) in [5.74, 6) is 1.81. The highest BCUT2D eigenvalue weighted by Crippen LogP contribution is 2.61. The van der Waals surface area contributed by atoms with Gasteiger partial charge in [-0.05, 0) is 80.8 Å². The van der Waals surface area contributed by atoms with Gasteiger partial charge in [0.25, 0.3) is 5.91 Å². The van der Waals surface area contributed by atoms with Crippen LogP contribution in [-0.2, 0) is 25.7 Å². The summed E-state index contributed by atoms with van der Waals surface area (Å²) >= 11 is 0. The van der Waals surface area contributed by atoms with Crippen LogP contribution in [0.15, 0.2) is 22.8 Å². The van der Waals surface area contributed by atoms with Gasteiger partial charge in [0.15, 0.2) is 6.61 Å². The Bertz CT molecular complexity index is 813. The zero-order valence-electron chi connectivity index (χ0n) is 18.2. The molecule has 0 aromatic carbocycles. The molecule has 5 aliphatic rings. The van der Waals surface area contributed by atoms with E-state index in [-0.39, 0.29) is 36.3 Å². The van der Waals surface area contributed by atoms with Gasteiger partial charge >= 0.3 is 5.97 Å². The standard InChI is InChI=1S/C24H32N2O5/c1-15(24-9-16-5-17(10-24)7-18(6-16)11-24)25-21(27)14-31-23(29)19-8-22(28)26(12-19)13-20-3-2-4-30-20/h2-4,15-19H,5-14H2,1H3,(H,25,27)/t15-,16?,17?,18?,19+,24?/m1/s1. The Balaban J connectivity index is 1.09. The number of nitrogens with one attached hydrogen (secondary N) is 1. The largest absolute Gasteiger partial charge is 0.467 e. The summed E-state index contributed by atoms with van der Waals surface area (Å²) in [6, 6.07) is 3.67. The average molecular weight is 429 g/mol. The number of carbonyl (C=O) groups is 3. The van der Waals surface area contributed by atoms with Crippen molar-refractivity contribution >= 4 is 17.8 Å². The van der Waals surface area contributed by atoms with Crippen molar-refractivity contribution in [1.29, 1.82) is 0 Å². The molecular weight excluding hydrogens is 396 g/mol. The second-order valence-corrected chi connectivity index (χ2v) is 10.4. The molecule has 1 aromatic heterocycles. The first-order valence-electron chi connectivity index (χ1n) is 11.7. The van der Waals surface area contributed by atoms with Crippen LogP contribution in [0.4, 0.5) is 0 Å². The molecule has 6 rings (SSSR count). The van der Waals surface area contributed by atoms with E-state index in [1.54, 1.807) is 23.3 Å². The van der Waals surface area contributed by atoms with Crippen LogP contribution in [0.2, 0.25) is 0 Å². The van der Waals surface area contributed by atoms with Gasteiger partial charge in [-0.3, -0.25) is 14.4 Å². The fourth-order valence-corrected chi connectivity index (χ4v) is 7.07. The molecule has 2 amide bonds. The molecule has 1 N–H and O–H groups in total. The lowest BCUT2D eigenvalue weighted by Gasteiger charge is -2.59. The SMILES string of the molecule is C[C@@H](NC(=O)COC(=O)[C@H]1CC(=O)N(Cc2ccco2)C1)C12CC3CC(CC(C3)C1)C2. The zero-order valence-corrected chi connectivity index (χ0v) is 18.2. The Kier molecular flexibility index (Phi) is 5.30. The Morgan fingerprint density at radius 2 is 1.90 bits per heavy atom. The third-order valence-corrected chi connectivity index (χ3v) is 8.20. The Morgan fingerprint density at radius 1 is 1.23 bits per heavy atom. The van der Waals surface area contributed by atoms with E-state index in [1.165, 1.54) is 38.5 Å². The molecule has 0 spiro atoms. The van der Waals surface area contributed by atoms with Crippen molar-refractivity contribution in [2.75, 3.05) is 13.2 Å². The molecule has 2 atom stereocenters. The quantitative estimate of drug-likeness (QED) is 0.675. The summed E-state index contributed by atoms with van der Waals surface area (Å²) in [6.45, 7) is 2.48. The van der Waals surface area contributed by atoms with Crippen molar-refractivity contribution in [3.05, 3.63) is 24.2 Å². The molecule has 31 heavy (non-hydrogen) atoms. The predicted octanol–water partition coefficient (Wildman–Crippen LogP) is 2.89. The lowest BCUT2D eigenvalue weighted by molar-refractivity contribution is -0.153. The van der Waals surface area contributed by atoms with Crippen LogP contribution >= 0.6 is 0 Å². The molecule has 7 nitrogen and oxygen atoms in total. The number of hydrogen-bond acceptors (Lipinski definition) is 5. The zero-order chi connectivity index (χ0) is 21.6. The van der Waals surface area contributed by atoms with Gasteiger partial charge in [0.2, 0.25) is 5.91 Å². The number of nitrogens with zero attached hydrogens (tertiary/aromatic N) is 1. The third kappa shape index (κ3) is 4.11. The minimum Gasteiger partial charge on any atom is -0.467 e. The minimum absolute atomic E-state index is 0.0989. The number of likely N-dealkylation sites (tertiary alicyclic amines) is 1. The number of furan rings is 1. The third-order valence-electron chi connectivity index (χ3n) is 8.20. The van der Waals surface area contributed by atoms with Crippen LogP contribution in [0.5, 0.6) is 0 Å². The van der Waals surface area contributed by atoms with E-state index in [2.05, 4.69) is 12.2 Å². The van der Waals surface area contributed by atoms with E-state index >= 15 is 0 Å². The fourth-order valence-electron chi connectivity index (χ4n) is 7.07. The van der Waals surface area contributed by atoms with Crippen LogP contribution in [0.1, 0.15) is 57.6 Å². The van der Waals surface area contributed by atoms with Gasteiger partial charge in [-0.25, -0.2) is 0 Å². The van der Waals surface area contributed by atoms with Gasteiger partial charge < -0.3 is 19.4 Å². The number of ether oxygens (including phenoxy) is 1. The lowest BCUT2D eigenvalue weighted by atomic mass is 9.48. The van der Waals surface area contributed by atoms with E-state index in [0.717, 1.165) is 17.8 Å². The molecule has 4 aliphatic carbocycles. The predicted molar refractivity (Wildman–Crippen MR) is 111 cm³/mol. The fraction of sp³-hybridized carbons (Fsp3) is 0.708. The summed E-state index contributed by atoms with van der Waals surface area (Å²) in [4.78, 5) is 38.8. The van der Waals surface area contributed by atoms with Crippen molar-refractivity contribution in [3.63, 3.8) is 0 Å². The van der Waals surface area contributed by atoms with Crippen LogP contribution in [0, 0.1) is 29.1 Å². The molecule has 168 valence electrons. The molecule has 4 bridgehead atoms. The van der Waals surface area contributed by atoms with Gasteiger partial charge in [0.1, 0.15) is 5.76 Å². The van der Waals surface area contributed by atoms with E-state index in [1.807, 2.05) is 0 Å². The maximum Gasteiger partial charge on any atom is 0.311 e. The van der Waals surface area contributed by atoms with Crippen molar-refractivity contribution in [2.24, 2.45) is 29.1 Å². The molecule has 2 heterocycles. The summed E-state index contributed by atoms with van der Waals surface area (Å²) in [7, 11) is 0. The van der Waals surface area contributed by atoms with Crippen molar-refractivity contribution in [1.82, 2.24) is 10.2 Å². The Morgan fingerprint density at radius 3 is 2.52 bits per heavy atom. The lowest BCUT2D eigenvalue weighted by Crippen LogP contribution is -2.56. The van der Waals surface area contributed by atoms with E-state index in [0.29, 0.717) is 18.8 Å². The Labute approximate surface area is 182 Å².